The Morgan fingerprint density at radius 3 is 1.29 bits per heavy atom. The Morgan fingerprint density at radius 1 is 0.550 bits per heavy atom. The number of Topliss-reactive ketones (excluding diaryl/α,β-unsaturated/α-hetero) is 1. The van der Waals surface area contributed by atoms with Crippen LogP contribution in [0.1, 0.15) is 129 Å². The number of hydrogen-bond donors (Lipinski definition) is 3. The predicted octanol–water partition coefficient (Wildman–Crippen LogP) is 8.40. The minimum absolute atomic E-state index is 0.0769. The van der Waals surface area contributed by atoms with Gasteiger partial charge in [0.25, 0.3) is 0 Å². The number of aliphatic hydroxyl groups is 2. The maximum Gasteiger partial charge on any atom is 0.411 e. The van der Waals surface area contributed by atoms with Crippen molar-refractivity contribution in [2.75, 3.05) is 26.2 Å². The maximum atomic E-state index is 13.9. The van der Waals surface area contributed by atoms with E-state index in [1.165, 1.54) is 41.7 Å². The molecule has 2 heterocycles. The van der Waals surface area contributed by atoms with Crippen molar-refractivity contribution in [3.05, 3.63) is 143 Å². The number of carbonyl (C=O) groups is 7. The smallest absolute Gasteiger partial charge is 0.411 e. The van der Waals surface area contributed by atoms with E-state index >= 15 is 0 Å². The van der Waals surface area contributed by atoms with Gasteiger partial charge in [-0.3, -0.25) is 29.0 Å². The van der Waals surface area contributed by atoms with Crippen LogP contribution in [0, 0.1) is 5.92 Å². The molecule has 80 heavy (non-hydrogen) atoms. The van der Waals surface area contributed by atoms with Crippen LogP contribution in [-0.2, 0) is 77.0 Å². The molecule has 0 aliphatic carbocycles. The third-order valence-corrected chi connectivity index (χ3v) is 13.1. The summed E-state index contributed by atoms with van der Waals surface area (Å²) in [5, 5.41) is 23.1. The standard InChI is InChI=1S/C31H42N2O5.C28H39N3O4.C4H6O3/c1-6-11-23-14-10-15-25(19-23)20-26(18-22(2)34)28(35)27-29(36)32(21-24-12-8-7-9-13-24)16-17-33(27)30(37)38-31(3,4)5;1-5-10-20-13-9-14-22(17-20)18-23(29)25(32)24-26(33)30(19-21-11-7-6-8-12-21)15-16-31(24)27(34)35-28(2,3)4;1-3(5)7-4(2)6/h7-10,12-15,19,26-28,35H,6,11,16-18,20-21H2,1-5H3;6-9,11-14,17,23-25,32H,5,10,15-16,18-19,29H2,1-4H3;1-2H3/t26-,27-,28-;23-,24-,25-;/m00./s1. The molecule has 0 spiro atoms. The Bertz CT molecular complexity index is 2640. The number of aliphatic hydroxyl groups excluding tert-OH is 2. The summed E-state index contributed by atoms with van der Waals surface area (Å²) in [5.41, 5.74) is 11.3. The number of carbonyl (C=O) groups excluding carboxylic acids is 7. The highest BCUT2D eigenvalue weighted by Crippen LogP contribution is 2.29. The number of esters is 2. The Balaban J connectivity index is 0.000000308. The van der Waals surface area contributed by atoms with Crippen molar-refractivity contribution in [3.8, 4) is 0 Å². The number of nitrogens with two attached hydrogens (primary N) is 1. The molecule has 17 nitrogen and oxygen atoms in total. The molecule has 6 rings (SSSR count). The molecular weight excluding hydrogens is 1020 g/mol. The van der Waals surface area contributed by atoms with E-state index in [2.05, 4.69) is 42.8 Å². The van der Waals surface area contributed by atoms with Crippen LogP contribution in [0.2, 0.25) is 0 Å². The van der Waals surface area contributed by atoms with Crippen LogP contribution in [0.15, 0.2) is 109 Å². The minimum Gasteiger partial charge on any atom is -0.444 e. The molecule has 4 amide bonds. The molecule has 4 N–H and O–H groups in total. The van der Waals surface area contributed by atoms with Crippen LogP contribution < -0.4 is 5.73 Å². The van der Waals surface area contributed by atoms with Gasteiger partial charge in [0.05, 0.1) is 12.2 Å². The van der Waals surface area contributed by atoms with Gasteiger partial charge in [0.1, 0.15) is 29.1 Å². The van der Waals surface area contributed by atoms with E-state index in [1.54, 1.807) is 51.3 Å². The summed E-state index contributed by atoms with van der Waals surface area (Å²) in [6.45, 7) is 20.7. The molecule has 4 aromatic rings. The van der Waals surface area contributed by atoms with E-state index in [0.29, 0.717) is 39.0 Å². The van der Waals surface area contributed by atoms with Gasteiger partial charge in [-0.05, 0) is 113 Å². The highest BCUT2D eigenvalue weighted by Gasteiger charge is 2.47. The number of benzene rings is 4. The average Bonchev–Trinajstić information content (AvgIpc) is 3.42. The Labute approximate surface area is 473 Å². The first-order chi connectivity index (χ1) is 37.7. The molecule has 0 bridgehead atoms. The molecule has 0 radical (unpaired) electrons. The van der Waals surface area contributed by atoms with E-state index < -0.39 is 71.6 Å². The fourth-order valence-electron chi connectivity index (χ4n) is 9.70. The Kier molecular flexibility index (Phi) is 25.5. The van der Waals surface area contributed by atoms with E-state index in [0.717, 1.165) is 47.9 Å². The highest BCUT2D eigenvalue weighted by molar-refractivity contribution is 5.89. The number of nitrogens with zero attached hydrogens (tertiary/aromatic N) is 4. The summed E-state index contributed by atoms with van der Waals surface area (Å²) < 4.78 is 15.2. The van der Waals surface area contributed by atoms with Gasteiger partial charge >= 0.3 is 24.1 Å². The van der Waals surface area contributed by atoms with Crippen molar-refractivity contribution in [1.29, 1.82) is 0 Å². The second-order valence-corrected chi connectivity index (χ2v) is 22.7. The summed E-state index contributed by atoms with van der Waals surface area (Å²) in [7, 11) is 0. The zero-order valence-corrected chi connectivity index (χ0v) is 48.9. The van der Waals surface area contributed by atoms with Gasteiger partial charge in [-0.2, -0.15) is 0 Å². The minimum atomic E-state index is -1.25. The number of hydrogen-bond acceptors (Lipinski definition) is 13. The van der Waals surface area contributed by atoms with Crippen molar-refractivity contribution in [2.24, 2.45) is 11.7 Å². The Hall–Kier alpha value is -6.95. The number of aryl methyl sites for hydroxylation is 2. The number of amides is 4. The van der Waals surface area contributed by atoms with Gasteiger partial charge in [-0.25, -0.2) is 9.59 Å². The zero-order valence-electron chi connectivity index (χ0n) is 48.9. The van der Waals surface area contributed by atoms with Gasteiger partial charge in [0.2, 0.25) is 11.8 Å². The number of piperazine rings is 2. The molecule has 436 valence electrons. The summed E-state index contributed by atoms with van der Waals surface area (Å²) in [6, 6.07) is 32.6. The number of ketones is 1. The lowest BCUT2D eigenvalue weighted by molar-refractivity contribution is -0.156. The van der Waals surface area contributed by atoms with Crippen LogP contribution in [0.4, 0.5) is 9.59 Å². The van der Waals surface area contributed by atoms with Gasteiger partial charge in [0.15, 0.2) is 0 Å². The van der Waals surface area contributed by atoms with E-state index in [-0.39, 0.29) is 37.1 Å². The van der Waals surface area contributed by atoms with Crippen molar-refractivity contribution in [3.63, 3.8) is 0 Å². The second-order valence-electron chi connectivity index (χ2n) is 22.7. The summed E-state index contributed by atoms with van der Waals surface area (Å²) >= 11 is 0. The Morgan fingerprint density at radius 2 is 0.925 bits per heavy atom. The van der Waals surface area contributed by atoms with Gasteiger partial charge in [0, 0.05) is 65.6 Å². The lowest BCUT2D eigenvalue weighted by Gasteiger charge is -2.44. The van der Waals surface area contributed by atoms with Crippen molar-refractivity contribution < 1.29 is 58.0 Å². The zero-order chi connectivity index (χ0) is 59.3. The van der Waals surface area contributed by atoms with Gasteiger partial charge in [-0.15, -0.1) is 0 Å². The average molecular weight is 1110 g/mol. The molecule has 6 atom stereocenters. The first-order valence-electron chi connectivity index (χ1n) is 27.8. The van der Waals surface area contributed by atoms with E-state index in [9.17, 15) is 43.8 Å². The van der Waals surface area contributed by atoms with Crippen LogP contribution >= 0.6 is 0 Å². The normalized spacial score (nSPS) is 17.1. The van der Waals surface area contributed by atoms with Crippen LogP contribution in [0.3, 0.4) is 0 Å². The molecule has 0 saturated carbocycles. The van der Waals surface area contributed by atoms with E-state index in [1.807, 2.05) is 84.9 Å². The van der Waals surface area contributed by atoms with Crippen LogP contribution in [0.25, 0.3) is 0 Å². The fraction of sp³-hybridized carbons (Fsp3) is 0.508. The number of rotatable bonds is 18. The van der Waals surface area contributed by atoms with Crippen LogP contribution in [-0.4, -0.2) is 139 Å². The largest absolute Gasteiger partial charge is 0.444 e. The molecule has 2 aliphatic rings. The number of ether oxygens (including phenoxy) is 3. The molecule has 0 unspecified atom stereocenters. The third kappa shape index (κ3) is 21.6. The van der Waals surface area contributed by atoms with Crippen molar-refractivity contribution in [2.45, 2.75) is 176 Å². The first kappa shape index (κ1) is 65.6. The predicted molar refractivity (Wildman–Crippen MR) is 307 cm³/mol. The SMILES string of the molecule is CC(=O)OC(C)=O.CCCc1cccc(C[C@H](CC(C)=O)[C@H](O)[C@H]2C(=O)N(Cc3ccccc3)CCN2C(=O)OC(C)(C)C)c1.CCCc1cccc(C[C@H](N)[C@H](O)[C@H]2C(=O)N(Cc3ccccc3)CCN2C(=O)OC(C)(C)C)c1. The topological polar surface area (TPSA) is 227 Å². The van der Waals surface area contributed by atoms with Crippen LogP contribution in [0.5, 0.6) is 0 Å². The molecule has 2 fully saturated rings. The third-order valence-electron chi connectivity index (χ3n) is 13.1. The molecule has 4 aromatic carbocycles. The summed E-state index contributed by atoms with van der Waals surface area (Å²) in [4.78, 5) is 91.7. The maximum absolute atomic E-state index is 13.9. The van der Waals surface area contributed by atoms with E-state index in [4.69, 9.17) is 15.2 Å². The fourth-order valence-corrected chi connectivity index (χ4v) is 9.70. The lowest BCUT2D eigenvalue weighted by atomic mass is 9.84. The molecule has 17 heteroatoms. The molecule has 2 aliphatic heterocycles. The molecular formula is C63H87N5O12. The molecule has 2 saturated heterocycles. The quantitative estimate of drug-likeness (QED) is 0.0484. The summed E-state index contributed by atoms with van der Waals surface area (Å²) in [5.74, 6) is -2.41. The van der Waals surface area contributed by atoms with Gasteiger partial charge in [-0.1, -0.05) is 136 Å². The van der Waals surface area contributed by atoms with Gasteiger partial charge < -0.3 is 44.8 Å². The van der Waals surface area contributed by atoms with Crippen molar-refractivity contribution >= 4 is 41.7 Å². The summed E-state index contributed by atoms with van der Waals surface area (Å²) in [6.07, 6.45) is 1.13. The first-order valence-corrected chi connectivity index (χ1v) is 27.8. The van der Waals surface area contributed by atoms with Crippen molar-refractivity contribution in [1.82, 2.24) is 19.6 Å². The lowest BCUT2D eigenvalue weighted by Crippen LogP contribution is -2.65. The monoisotopic (exact) mass is 1110 g/mol. The second kappa shape index (κ2) is 31.2. The highest BCUT2D eigenvalue weighted by atomic mass is 16.6. The molecule has 0 aromatic heterocycles.